The van der Waals surface area contributed by atoms with Gasteiger partial charge in [0.15, 0.2) is 5.65 Å². The van der Waals surface area contributed by atoms with Crippen LogP contribution in [0.2, 0.25) is 0 Å². The minimum absolute atomic E-state index is 0.0483. The first-order valence-corrected chi connectivity index (χ1v) is 7.16. The highest BCUT2D eigenvalue weighted by Crippen LogP contribution is 2.28. The maximum Gasteiger partial charge on any atom is 0.453 e. The van der Waals surface area contributed by atoms with Crippen LogP contribution in [0.15, 0.2) is 12.1 Å². The summed E-state index contributed by atoms with van der Waals surface area (Å²) in [6.45, 7) is 3.40. The highest BCUT2D eigenvalue weighted by molar-refractivity contribution is 5.46. The molecule has 9 heteroatoms. The van der Waals surface area contributed by atoms with Crippen LogP contribution in [-0.4, -0.2) is 38.9 Å². The third kappa shape index (κ3) is 2.72. The van der Waals surface area contributed by atoms with Crippen molar-refractivity contribution in [3.05, 3.63) is 18.0 Å². The van der Waals surface area contributed by atoms with Crippen molar-refractivity contribution in [3.63, 3.8) is 0 Å². The van der Waals surface area contributed by atoms with E-state index < -0.39 is 12.0 Å². The van der Waals surface area contributed by atoms with E-state index >= 15 is 0 Å². The van der Waals surface area contributed by atoms with Crippen molar-refractivity contribution in [2.24, 2.45) is 11.7 Å². The summed E-state index contributed by atoms with van der Waals surface area (Å²) >= 11 is 0. The summed E-state index contributed by atoms with van der Waals surface area (Å²) in [6.07, 6.45) is -2.61. The highest BCUT2D eigenvalue weighted by atomic mass is 19.4. The number of halogens is 3. The van der Waals surface area contributed by atoms with E-state index in [-0.39, 0.29) is 11.7 Å². The average molecular weight is 314 g/mol. The third-order valence-electron chi connectivity index (χ3n) is 4.03. The SMILES string of the molecule is CC(N)C1CCCN(c2ccc3nnc(C(F)(F)F)n3n2)C1. The maximum absolute atomic E-state index is 12.9. The molecule has 0 spiro atoms. The van der Waals surface area contributed by atoms with Crippen LogP contribution in [-0.2, 0) is 6.18 Å². The van der Waals surface area contributed by atoms with Gasteiger partial charge in [0.1, 0.15) is 5.82 Å². The van der Waals surface area contributed by atoms with Gasteiger partial charge < -0.3 is 10.6 Å². The van der Waals surface area contributed by atoms with Crippen molar-refractivity contribution in [3.8, 4) is 0 Å². The summed E-state index contributed by atoms with van der Waals surface area (Å²) in [4.78, 5) is 1.97. The summed E-state index contributed by atoms with van der Waals surface area (Å²) in [6, 6.07) is 3.22. The zero-order chi connectivity index (χ0) is 15.9. The van der Waals surface area contributed by atoms with Crippen LogP contribution in [0.4, 0.5) is 19.0 Å². The lowest BCUT2D eigenvalue weighted by Crippen LogP contribution is -2.42. The lowest BCUT2D eigenvalue weighted by atomic mass is 9.92. The molecular formula is C13H17F3N6. The fourth-order valence-electron chi connectivity index (χ4n) is 2.77. The van der Waals surface area contributed by atoms with Gasteiger partial charge in [0.25, 0.3) is 5.82 Å². The number of aromatic nitrogens is 4. The van der Waals surface area contributed by atoms with E-state index in [9.17, 15) is 13.2 Å². The predicted molar refractivity (Wildman–Crippen MR) is 74.4 cm³/mol. The van der Waals surface area contributed by atoms with Gasteiger partial charge in [-0.05, 0) is 37.8 Å². The van der Waals surface area contributed by atoms with E-state index in [0.29, 0.717) is 18.3 Å². The Morgan fingerprint density at radius 1 is 1.32 bits per heavy atom. The molecule has 2 aromatic rings. The zero-order valence-corrected chi connectivity index (χ0v) is 12.1. The molecule has 3 rings (SSSR count). The zero-order valence-electron chi connectivity index (χ0n) is 12.1. The van der Waals surface area contributed by atoms with Gasteiger partial charge in [-0.25, -0.2) is 0 Å². The number of nitrogens with zero attached hydrogens (tertiary/aromatic N) is 5. The molecule has 0 bridgehead atoms. The molecule has 2 atom stereocenters. The molecule has 2 aromatic heterocycles. The van der Waals surface area contributed by atoms with E-state index in [1.807, 2.05) is 11.8 Å². The second-order valence-corrected chi connectivity index (χ2v) is 5.69. The van der Waals surface area contributed by atoms with E-state index in [1.165, 1.54) is 6.07 Å². The predicted octanol–water partition coefficient (Wildman–Crippen LogP) is 1.71. The number of rotatable bonds is 2. The lowest BCUT2D eigenvalue weighted by molar-refractivity contribution is -0.146. The average Bonchev–Trinajstić information content (AvgIpc) is 2.90. The van der Waals surface area contributed by atoms with Crippen molar-refractivity contribution in [2.75, 3.05) is 18.0 Å². The quantitative estimate of drug-likeness (QED) is 0.913. The van der Waals surface area contributed by atoms with Gasteiger partial charge in [0, 0.05) is 19.1 Å². The Hall–Kier alpha value is -1.90. The standard InChI is InChI=1S/C13H17F3N6/c1-8(17)9-3-2-6-21(7-9)11-5-4-10-18-19-12(13(14,15)16)22(10)20-11/h4-5,8-9H,2-3,6-7,17H2,1H3. The number of nitrogens with two attached hydrogens (primary N) is 1. The summed E-state index contributed by atoms with van der Waals surface area (Å²) in [7, 11) is 0. The number of alkyl halides is 3. The van der Waals surface area contributed by atoms with Crippen molar-refractivity contribution < 1.29 is 13.2 Å². The lowest BCUT2D eigenvalue weighted by Gasteiger charge is -2.35. The smallest absolute Gasteiger partial charge is 0.355 e. The first-order chi connectivity index (χ1) is 10.4. The molecule has 2 N–H and O–H groups in total. The van der Waals surface area contributed by atoms with Crippen molar-refractivity contribution >= 4 is 11.5 Å². The Morgan fingerprint density at radius 3 is 2.77 bits per heavy atom. The molecule has 6 nitrogen and oxygen atoms in total. The third-order valence-corrected chi connectivity index (χ3v) is 4.03. The van der Waals surface area contributed by atoms with Gasteiger partial charge >= 0.3 is 6.18 Å². The Morgan fingerprint density at radius 2 is 2.09 bits per heavy atom. The van der Waals surface area contributed by atoms with Crippen molar-refractivity contribution in [1.29, 1.82) is 0 Å². The number of fused-ring (bicyclic) bond motifs is 1. The van der Waals surface area contributed by atoms with E-state index in [0.717, 1.165) is 23.9 Å². The first-order valence-electron chi connectivity index (χ1n) is 7.16. The van der Waals surface area contributed by atoms with E-state index in [2.05, 4.69) is 15.3 Å². The topological polar surface area (TPSA) is 72.3 Å². The van der Waals surface area contributed by atoms with Crippen LogP contribution in [0.25, 0.3) is 5.65 Å². The van der Waals surface area contributed by atoms with Gasteiger partial charge in [-0.15, -0.1) is 15.3 Å². The van der Waals surface area contributed by atoms with Crippen LogP contribution in [0.3, 0.4) is 0 Å². The summed E-state index contributed by atoms with van der Waals surface area (Å²) < 4.78 is 39.5. The van der Waals surface area contributed by atoms with Gasteiger partial charge in [-0.2, -0.15) is 17.7 Å². The van der Waals surface area contributed by atoms with E-state index in [1.54, 1.807) is 6.07 Å². The Labute approximate surface area is 125 Å². The Bertz CT molecular complexity index is 665. The number of hydrogen-bond donors (Lipinski definition) is 1. The van der Waals surface area contributed by atoms with Crippen LogP contribution in [0, 0.1) is 5.92 Å². The number of hydrogen-bond acceptors (Lipinski definition) is 5. The summed E-state index contributed by atoms with van der Waals surface area (Å²) in [5, 5.41) is 10.8. The highest BCUT2D eigenvalue weighted by Gasteiger charge is 2.38. The first kappa shape index (κ1) is 15.0. The molecule has 1 fully saturated rings. The molecule has 0 amide bonds. The molecule has 0 aromatic carbocycles. The molecule has 1 aliphatic heterocycles. The molecule has 0 saturated carbocycles. The second kappa shape index (κ2) is 5.38. The summed E-state index contributed by atoms with van der Waals surface area (Å²) in [5.41, 5.74) is 6.02. The molecule has 0 radical (unpaired) electrons. The summed E-state index contributed by atoms with van der Waals surface area (Å²) in [5.74, 6) is -0.303. The fraction of sp³-hybridized carbons (Fsp3) is 0.615. The normalized spacial score (nSPS) is 21.3. The van der Waals surface area contributed by atoms with Gasteiger partial charge in [0.05, 0.1) is 0 Å². The molecule has 1 aliphatic rings. The Kier molecular flexibility index (Phi) is 3.67. The van der Waals surface area contributed by atoms with E-state index in [4.69, 9.17) is 5.73 Å². The number of piperidine rings is 1. The van der Waals surface area contributed by atoms with Gasteiger partial charge in [0.2, 0.25) is 0 Å². The molecule has 3 heterocycles. The minimum atomic E-state index is -4.58. The molecule has 2 unspecified atom stereocenters. The molecule has 120 valence electrons. The van der Waals surface area contributed by atoms with Gasteiger partial charge in [-0.3, -0.25) is 0 Å². The van der Waals surface area contributed by atoms with Crippen molar-refractivity contribution in [2.45, 2.75) is 32.0 Å². The van der Waals surface area contributed by atoms with Crippen LogP contribution >= 0.6 is 0 Å². The largest absolute Gasteiger partial charge is 0.453 e. The van der Waals surface area contributed by atoms with Crippen LogP contribution < -0.4 is 10.6 Å². The Balaban J connectivity index is 1.94. The second-order valence-electron chi connectivity index (χ2n) is 5.69. The fourth-order valence-corrected chi connectivity index (χ4v) is 2.77. The maximum atomic E-state index is 12.9. The number of anilines is 1. The molecule has 0 aliphatic carbocycles. The van der Waals surface area contributed by atoms with Crippen LogP contribution in [0.1, 0.15) is 25.6 Å². The molecule has 1 saturated heterocycles. The van der Waals surface area contributed by atoms with Gasteiger partial charge in [-0.1, -0.05) is 0 Å². The minimum Gasteiger partial charge on any atom is -0.355 e. The molecule has 22 heavy (non-hydrogen) atoms. The molecular weight excluding hydrogens is 297 g/mol. The van der Waals surface area contributed by atoms with Crippen molar-refractivity contribution in [1.82, 2.24) is 19.8 Å². The monoisotopic (exact) mass is 314 g/mol. The van der Waals surface area contributed by atoms with Crippen LogP contribution in [0.5, 0.6) is 0 Å².